The second kappa shape index (κ2) is 6.06. The van der Waals surface area contributed by atoms with E-state index in [0.717, 1.165) is 18.2 Å². The molecule has 94 valence electrons. The Hall–Kier alpha value is -1.02. The number of hydrogen-bond acceptors (Lipinski definition) is 2. The summed E-state index contributed by atoms with van der Waals surface area (Å²) in [4.78, 5) is 2.58. The highest BCUT2D eigenvalue weighted by Gasteiger charge is 2.23. The topological polar surface area (TPSA) is 12.5 Å². The summed E-state index contributed by atoms with van der Waals surface area (Å²) in [6.45, 7) is 5.82. The molecule has 1 aromatic rings. The summed E-state index contributed by atoms with van der Waals surface area (Å²) in [5.41, 5.74) is 1.39. The molecule has 0 spiro atoms. The van der Waals surface area contributed by atoms with Crippen molar-refractivity contribution < 1.29 is 4.74 Å². The number of rotatable bonds is 7. The zero-order valence-electron chi connectivity index (χ0n) is 11.0. The van der Waals surface area contributed by atoms with E-state index in [0.29, 0.717) is 0 Å². The normalized spacial score (nSPS) is 15.2. The number of hydrogen-bond donors (Lipinski definition) is 0. The molecule has 2 rings (SSSR count). The van der Waals surface area contributed by atoms with Crippen molar-refractivity contribution in [3.63, 3.8) is 0 Å². The van der Waals surface area contributed by atoms with Crippen molar-refractivity contribution in [2.75, 3.05) is 20.2 Å². The van der Waals surface area contributed by atoms with E-state index in [2.05, 4.69) is 36.1 Å². The minimum absolute atomic E-state index is 0.943. The van der Waals surface area contributed by atoms with Gasteiger partial charge in [0.25, 0.3) is 0 Å². The molecule has 17 heavy (non-hydrogen) atoms. The van der Waals surface area contributed by atoms with Crippen molar-refractivity contribution in [3.8, 4) is 5.75 Å². The molecule has 0 heterocycles. The van der Waals surface area contributed by atoms with E-state index in [9.17, 15) is 0 Å². The average Bonchev–Trinajstić information content (AvgIpc) is 3.14. The van der Waals surface area contributed by atoms with Crippen LogP contribution in [0.15, 0.2) is 24.3 Å². The van der Waals surface area contributed by atoms with Crippen LogP contribution in [0.1, 0.15) is 31.7 Å². The Morgan fingerprint density at radius 3 is 2.47 bits per heavy atom. The maximum absolute atomic E-state index is 5.18. The van der Waals surface area contributed by atoms with Crippen LogP contribution < -0.4 is 4.74 Å². The molecule has 1 aromatic carbocycles. The predicted octanol–water partition coefficient (Wildman–Crippen LogP) is 3.32. The molecule has 0 unspecified atom stereocenters. The Morgan fingerprint density at radius 1 is 1.24 bits per heavy atom. The van der Waals surface area contributed by atoms with Crippen LogP contribution in [0.25, 0.3) is 0 Å². The standard InChI is InChI=1S/C15H23NO/c1-3-10-16(11-13-4-5-13)12-14-6-8-15(17-2)9-7-14/h6-9,13H,3-5,10-12H2,1-2H3. The Morgan fingerprint density at radius 2 is 1.94 bits per heavy atom. The highest BCUT2D eigenvalue weighted by Crippen LogP contribution is 2.30. The first-order chi connectivity index (χ1) is 8.31. The number of methoxy groups -OCH3 is 1. The van der Waals surface area contributed by atoms with Crippen LogP contribution in [0.2, 0.25) is 0 Å². The van der Waals surface area contributed by atoms with E-state index in [1.807, 2.05) is 0 Å². The van der Waals surface area contributed by atoms with E-state index in [4.69, 9.17) is 4.74 Å². The zero-order valence-corrected chi connectivity index (χ0v) is 11.0. The van der Waals surface area contributed by atoms with Gasteiger partial charge in [-0.2, -0.15) is 0 Å². The van der Waals surface area contributed by atoms with E-state index < -0.39 is 0 Å². The summed E-state index contributed by atoms with van der Waals surface area (Å²) in [6.07, 6.45) is 4.11. The van der Waals surface area contributed by atoms with Crippen LogP contribution in [0.4, 0.5) is 0 Å². The number of benzene rings is 1. The fraction of sp³-hybridized carbons (Fsp3) is 0.600. The maximum Gasteiger partial charge on any atom is 0.118 e. The third kappa shape index (κ3) is 4.04. The lowest BCUT2D eigenvalue weighted by atomic mass is 10.2. The van der Waals surface area contributed by atoms with Crippen molar-refractivity contribution in [1.29, 1.82) is 0 Å². The van der Waals surface area contributed by atoms with Crippen molar-refractivity contribution in [2.24, 2.45) is 5.92 Å². The second-order valence-corrected chi connectivity index (χ2v) is 5.03. The summed E-state index contributed by atoms with van der Waals surface area (Å²) < 4.78 is 5.18. The van der Waals surface area contributed by atoms with Gasteiger partial charge < -0.3 is 4.74 Å². The van der Waals surface area contributed by atoms with Crippen molar-refractivity contribution in [3.05, 3.63) is 29.8 Å². The minimum Gasteiger partial charge on any atom is -0.497 e. The van der Waals surface area contributed by atoms with Gasteiger partial charge in [0.15, 0.2) is 0 Å². The highest BCUT2D eigenvalue weighted by atomic mass is 16.5. The van der Waals surface area contributed by atoms with Gasteiger partial charge in [0.05, 0.1) is 7.11 Å². The number of ether oxygens (including phenoxy) is 1. The van der Waals surface area contributed by atoms with Crippen LogP contribution in [-0.4, -0.2) is 25.1 Å². The van der Waals surface area contributed by atoms with Gasteiger partial charge in [0, 0.05) is 13.1 Å². The fourth-order valence-electron chi connectivity index (χ4n) is 2.21. The zero-order chi connectivity index (χ0) is 12.1. The maximum atomic E-state index is 5.18. The first kappa shape index (κ1) is 12.4. The summed E-state index contributed by atoms with van der Waals surface area (Å²) in [5, 5.41) is 0. The molecular formula is C15H23NO. The van der Waals surface area contributed by atoms with Gasteiger partial charge >= 0.3 is 0 Å². The van der Waals surface area contributed by atoms with Gasteiger partial charge in [-0.1, -0.05) is 19.1 Å². The third-order valence-electron chi connectivity index (χ3n) is 3.32. The van der Waals surface area contributed by atoms with Gasteiger partial charge in [-0.15, -0.1) is 0 Å². The largest absolute Gasteiger partial charge is 0.497 e. The highest BCUT2D eigenvalue weighted by molar-refractivity contribution is 5.27. The molecule has 1 aliphatic carbocycles. The summed E-state index contributed by atoms with van der Waals surface area (Å²) in [6, 6.07) is 8.45. The predicted molar refractivity (Wildman–Crippen MR) is 71.3 cm³/mol. The Bertz CT molecular complexity index is 329. The summed E-state index contributed by atoms with van der Waals surface area (Å²) >= 11 is 0. The molecule has 1 aliphatic rings. The molecule has 0 atom stereocenters. The van der Waals surface area contributed by atoms with Gasteiger partial charge in [-0.3, -0.25) is 4.90 Å². The molecule has 1 saturated carbocycles. The molecule has 0 bridgehead atoms. The van der Waals surface area contributed by atoms with Crippen LogP contribution >= 0.6 is 0 Å². The number of nitrogens with zero attached hydrogens (tertiary/aromatic N) is 1. The van der Waals surface area contributed by atoms with E-state index >= 15 is 0 Å². The van der Waals surface area contributed by atoms with Crippen LogP contribution in [-0.2, 0) is 6.54 Å². The fourth-order valence-corrected chi connectivity index (χ4v) is 2.21. The van der Waals surface area contributed by atoms with Crippen molar-refractivity contribution in [1.82, 2.24) is 4.90 Å². The summed E-state index contributed by atoms with van der Waals surface area (Å²) in [7, 11) is 1.71. The van der Waals surface area contributed by atoms with Crippen LogP contribution in [0, 0.1) is 5.92 Å². The Balaban J connectivity index is 1.90. The lowest BCUT2D eigenvalue weighted by Gasteiger charge is -2.21. The first-order valence-electron chi connectivity index (χ1n) is 6.67. The molecule has 2 nitrogen and oxygen atoms in total. The van der Waals surface area contributed by atoms with E-state index in [-0.39, 0.29) is 0 Å². The molecule has 0 amide bonds. The summed E-state index contributed by atoms with van der Waals surface area (Å²) in [5.74, 6) is 1.91. The van der Waals surface area contributed by atoms with Gasteiger partial charge in [0.2, 0.25) is 0 Å². The van der Waals surface area contributed by atoms with Gasteiger partial charge in [-0.05, 0) is 49.4 Å². The third-order valence-corrected chi connectivity index (χ3v) is 3.32. The van der Waals surface area contributed by atoms with Crippen molar-refractivity contribution >= 4 is 0 Å². The SMILES string of the molecule is CCCN(Cc1ccc(OC)cc1)CC1CC1. The lowest BCUT2D eigenvalue weighted by molar-refractivity contribution is 0.255. The molecule has 0 N–H and O–H groups in total. The Labute approximate surface area is 105 Å². The van der Waals surface area contributed by atoms with Crippen LogP contribution in [0.3, 0.4) is 0 Å². The van der Waals surface area contributed by atoms with Gasteiger partial charge in [-0.25, -0.2) is 0 Å². The average molecular weight is 233 g/mol. The van der Waals surface area contributed by atoms with Gasteiger partial charge in [0.1, 0.15) is 5.75 Å². The molecule has 0 aromatic heterocycles. The van der Waals surface area contributed by atoms with Crippen LogP contribution in [0.5, 0.6) is 5.75 Å². The molecule has 0 saturated heterocycles. The molecule has 1 fully saturated rings. The molecule has 0 radical (unpaired) electrons. The first-order valence-corrected chi connectivity index (χ1v) is 6.67. The minimum atomic E-state index is 0.943. The molecule has 0 aliphatic heterocycles. The van der Waals surface area contributed by atoms with E-state index in [1.54, 1.807) is 7.11 Å². The Kier molecular flexibility index (Phi) is 4.43. The van der Waals surface area contributed by atoms with Crippen molar-refractivity contribution in [2.45, 2.75) is 32.7 Å². The second-order valence-electron chi connectivity index (χ2n) is 5.03. The lowest BCUT2D eigenvalue weighted by Crippen LogP contribution is -2.26. The van der Waals surface area contributed by atoms with E-state index in [1.165, 1.54) is 37.9 Å². The molecule has 2 heteroatoms. The smallest absolute Gasteiger partial charge is 0.118 e. The molecular weight excluding hydrogens is 210 g/mol. The quantitative estimate of drug-likeness (QED) is 0.716. The monoisotopic (exact) mass is 233 g/mol.